The van der Waals surface area contributed by atoms with Crippen molar-refractivity contribution in [1.82, 2.24) is 4.57 Å². The smallest absolute Gasteiger partial charge is 0.250 e. The number of para-hydroxylation sites is 1. The third-order valence-electron chi connectivity index (χ3n) is 4.87. The molecule has 0 saturated heterocycles. The SMILES string of the molecule is N#CCCN(C(=O)CCC(=O)Nc1ccc(Cn2ccccc2=O)cc1)c1ccccc1. The highest BCUT2D eigenvalue weighted by molar-refractivity contribution is 5.98. The van der Waals surface area contributed by atoms with Gasteiger partial charge >= 0.3 is 0 Å². The molecule has 0 saturated carbocycles. The monoisotopic (exact) mass is 428 g/mol. The molecule has 3 aromatic rings. The molecule has 1 aromatic heterocycles. The van der Waals surface area contributed by atoms with E-state index in [1.807, 2.05) is 30.3 Å². The first-order chi connectivity index (χ1) is 15.6. The predicted octanol–water partition coefficient (Wildman–Crippen LogP) is 3.56. The Bertz CT molecular complexity index is 1150. The van der Waals surface area contributed by atoms with Crippen molar-refractivity contribution in [3.05, 3.63) is 94.9 Å². The van der Waals surface area contributed by atoms with Gasteiger partial charge in [-0.15, -0.1) is 0 Å². The fourth-order valence-corrected chi connectivity index (χ4v) is 3.23. The molecule has 1 N–H and O–H groups in total. The molecule has 0 fully saturated rings. The molecule has 2 amide bonds. The lowest BCUT2D eigenvalue weighted by Crippen LogP contribution is -2.32. The van der Waals surface area contributed by atoms with E-state index in [9.17, 15) is 14.4 Å². The first-order valence-electron chi connectivity index (χ1n) is 10.3. The third-order valence-corrected chi connectivity index (χ3v) is 4.87. The number of nitriles is 1. The van der Waals surface area contributed by atoms with Crippen molar-refractivity contribution < 1.29 is 9.59 Å². The van der Waals surface area contributed by atoms with E-state index >= 15 is 0 Å². The van der Waals surface area contributed by atoms with E-state index in [1.165, 1.54) is 11.0 Å². The Morgan fingerprint density at radius 2 is 1.66 bits per heavy atom. The van der Waals surface area contributed by atoms with Crippen LogP contribution in [0.2, 0.25) is 0 Å². The highest BCUT2D eigenvalue weighted by Crippen LogP contribution is 2.16. The number of carbonyl (C=O) groups excluding carboxylic acids is 2. The van der Waals surface area contributed by atoms with Crippen LogP contribution in [0.15, 0.2) is 83.8 Å². The Hall–Kier alpha value is -4.18. The molecule has 0 bridgehead atoms. The third kappa shape index (κ3) is 6.41. The minimum absolute atomic E-state index is 0.0376. The lowest BCUT2D eigenvalue weighted by Gasteiger charge is -2.21. The molecule has 2 aromatic carbocycles. The molecule has 3 rings (SSSR count). The summed E-state index contributed by atoms with van der Waals surface area (Å²) in [6.45, 7) is 0.730. The molecule has 1 heterocycles. The van der Waals surface area contributed by atoms with Crippen LogP contribution in [0, 0.1) is 11.3 Å². The van der Waals surface area contributed by atoms with Gasteiger partial charge in [0, 0.05) is 43.0 Å². The lowest BCUT2D eigenvalue weighted by atomic mass is 10.2. The highest BCUT2D eigenvalue weighted by Gasteiger charge is 2.16. The van der Waals surface area contributed by atoms with E-state index in [4.69, 9.17) is 5.26 Å². The maximum absolute atomic E-state index is 12.7. The number of hydrogen-bond donors (Lipinski definition) is 1. The molecule has 32 heavy (non-hydrogen) atoms. The van der Waals surface area contributed by atoms with E-state index in [1.54, 1.807) is 47.2 Å². The van der Waals surface area contributed by atoms with Crippen LogP contribution in [0.1, 0.15) is 24.8 Å². The topological polar surface area (TPSA) is 95.2 Å². The number of nitrogens with zero attached hydrogens (tertiary/aromatic N) is 3. The summed E-state index contributed by atoms with van der Waals surface area (Å²) in [6, 6.07) is 23.4. The second kappa shape index (κ2) is 11.3. The molecule has 0 radical (unpaired) electrons. The number of nitrogens with one attached hydrogen (secondary N) is 1. The van der Waals surface area contributed by atoms with Crippen molar-refractivity contribution in [2.45, 2.75) is 25.8 Å². The van der Waals surface area contributed by atoms with Gasteiger partial charge in [-0.25, -0.2) is 0 Å². The van der Waals surface area contributed by atoms with Gasteiger partial charge in [0.05, 0.1) is 19.0 Å². The minimum atomic E-state index is -0.265. The van der Waals surface area contributed by atoms with Gasteiger partial charge < -0.3 is 14.8 Å². The lowest BCUT2D eigenvalue weighted by molar-refractivity contribution is -0.122. The first-order valence-corrected chi connectivity index (χ1v) is 10.3. The van der Waals surface area contributed by atoms with Crippen molar-refractivity contribution in [2.24, 2.45) is 0 Å². The normalized spacial score (nSPS) is 10.2. The number of hydrogen-bond acceptors (Lipinski definition) is 4. The van der Waals surface area contributed by atoms with Gasteiger partial charge in [-0.1, -0.05) is 36.4 Å². The number of aromatic nitrogens is 1. The largest absolute Gasteiger partial charge is 0.326 e. The highest BCUT2D eigenvalue weighted by atomic mass is 16.2. The van der Waals surface area contributed by atoms with Gasteiger partial charge in [0.15, 0.2) is 0 Å². The molecule has 0 spiro atoms. The maximum Gasteiger partial charge on any atom is 0.250 e. The molecular formula is C25H24N4O3. The number of pyridine rings is 1. The van der Waals surface area contributed by atoms with Crippen LogP contribution < -0.4 is 15.8 Å². The zero-order valence-electron chi connectivity index (χ0n) is 17.6. The molecule has 162 valence electrons. The van der Waals surface area contributed by atoms with Gasteiger partial charge in [0.2, 0.25) is 11.8 Å². The van der Waals surface area contributed by atoms with Crippen molar-refractivity contribution >= 4 is 23.2 Å². The molecule has 0 aliphatic heterocycles. The van der Waals surface area contributed by atoms with E-state index in [0.29, 0.717) is 17.9 Å². The van der Waals surface area contributed by atoms with E-state index in [2.05, 4.69) is 11.4 Å². The van der Waals surface area contributed by atoms with Gasteiger partial charge in [-0.05, 0) is 35.9 Å². The molecule has 0 aliphatic rings. The molecule has 0 unspecified atom stereocenters. The molecule has 0 aliphatic carbocycles. The number of benzene rings is 2. The summed E-state index contributed by atoms with van der Waals surface area (Å²) in [4.78, 5) is 38.3. The maximum atomic E-state index is 12.7. The summed E-state index contributed by atoms with van der Waals surface area (Å²) >= 11 is 0. The van der Waals surface area contributed by atoms with Crippen molar-refractivity contribution in [2.75, 3.05) is 16.8 Å². The molecule has 7 heteroatoms. The van der Waals surface area contributed by atoms with Gasteiger partial charge in [0.25, 0.3) is 5.56 Å². The Morgan fingerprint density at radius 3 is 2.34 bits per heavy atom. The zero-order chi connectivity index (χ0) is 22.8. The quantitative estimate of drug-likeness (QED) is 0.564. The van der Waals surface area contributed by atoms with E-state index in [0.717, 1.165) is 5.56 Å². The molecule has 7 nitrogen and oxygen atoms in total. The standard InChI is InChI=1S/C25H24N4O3/c26-16-6-18-29(22-7-2-1-3-8-22)25(32)15-14-23(30)27-21-12-10-20(11-13-21)19-28-17-5-4-9-24(28)31/h1-5,7-13,17H,6,14-15,18-19H2,(H,27,30). The van der Waals surface area contributed by atoms with E-state index < -0.39 is 0 Å². The van der Waals surface area contributed by atoms with Crippen LogP contribution in [-0.4, -0.2) is 22.9 Å². The fourth-order valence-electron chi connectivity index (χ4n) is 3.23. The number of carbonyl (C=O) groups is 2. The van der Waals surface area contributed by atoms with Crippen LogP contribution in [0.25, 0.3) is 0 Å². The van der Waals surface area contributed by atoms with E-state index in [-0.39, 0.29) is 43.2 Å². The Labute approximate surface area is 186 Å². The number of anilines is 2. The van der Waals surface area contributed by atoms with Crippen LogP contribution >= 0.6 is 0 Å². The number of rotatable bonds is 9. The molecule has 0 atom stereocenters. The summed E-state index contributed by atoms with van der Waals surface area (Å²) in [5.74, 6) is -0.469. The second-order valence-corrected chi connectivity index (χ2v) is 7.20. The summed E-state index contributed by atoms with van der Waals surface area (Å²) < 4.78 is 1.60. The molecular weight excluding hydrogens is 404 g/mol. The van der Waals surface area contributed by atoms with Crippen LogP contribution in [-0.2, 0) is 16.1 Å². The summed E-state index contributed by atoms with van der Waals surface area (Å²) in [7, 11) is 0. The van der Waals surface area contributed by atoms with Crippen molar-refractivity contribution in [1.29, 1.82) is 5.26 Å². The fraction of sp³-hybridized carbons (Fsp3) is 0.200. The Morgan fingerprint density at radius 1 is 0.938 bits per heavy atom. The predicted molar refractivity (Wildman–Crippen MR) is 123 cm³/mol. The minimum Gasteiger partial charge on any atom is -0.326 e. The summed E-state index contributed by atoms with van der Waals surface area (Å²) in [5.41, 5.74) is 2.19. The Kier molecular flexibility index (Phi) is 7.93. The van der Waals surface area contributed by atoms with Crippen LogP contribution in [0.3, 0.4) is 0 Å². The number of amides is 2. The van der Waals surface area contributed by atoms with Crippen LogP contribution in [0.4, 0.5) is 11.4 Å². The summed E-state index contributed by atoms with van der Waals surface area (Å²) in [6.07, 6.45) is 2.02. The van der Waals surface area contributed by atoms with Crippen molar-refractivity contribution in [3.8, 4) is 6.07 Å². The average molecular weight is 428 g/mol. The second-order valence-electron chi connectivity index (χ2n) is 7.20. The Balaban J connectivity index is 1.53. The summed E-state index contributed by atoms with van der Waals surface area (Å²) in [5, 5.41) is 11.7. The van der Waals surface area contributed by atoms with Gasteiger partial charge in [-0.3, -0.25) is 14.4 Å². The van der Waals surface area contributed by atoms with Crippen LogP contribution in [0.5, 0.6) is 0 Å². The zero-order valence-corrected chi connectivity index (χ0v) is 17.6. The average Bonchev–Trinajstić information content (AvgIpc) is 2.81. The van der Waals surface area contributed by atoms with Gasteiger partial charge in [-0.2, -0.15) is 5.26 Å². The first kappa shape index (κ1) is 22.5. The van der Waals surface area contributed by atoms with Crippen molar-refractivity contribution in [3.63, 3.8) is 0 Å². The van der Waals surface area contributed by atoms with Gasteiger partial charge in [0.1, 0.15) is 0 Å².